The highest BCUT2D eigenvalue weighted by Crippen LogP contribution is 2.37. The van der Waals surface area contributed by atoms with Gasteiger partial charge in [-0.25, -0.2) is 5.43 Å². The van der Waals surface area contributed by atoms with E-state index in [1.165, 1.54) is 11.8 Å². The zero-order valence-corrected chi connectivity index (χ0v) is 20.6. The first-order valence-corrected chi connectivity index (χ1v) is 11.6. The third-order valence-corrected chi connectivity index (χ3v) is 5.31. The Labute approximate surface area is 207 Å². The zero-order valence-electron chi connectivity index (χ0n) is 19.0. The van der Waals surface area contributed by atoms with Crippen molar-refractivity contribution in [3.8, 4) is 11.5 Å². The van der Waals surface area contributed by atoms with Crippen LogP contribution in [0.3, 0.4) is 0 Å². The van der Waals surface area contributed by atoms with Gasteiger partial charge in [0.15, 0.2) is 11.5 Å². The van der Waals surface area contributed by atoms with Crippen molar-refractivity contribution in [3.05, 3.63) is 93.5 Å². The van der Waals surface area contributed by atoms with E-state index in [4.69, 9.17) is 9.47 Å². The summed E-state index contributed by atoms with van der Waals surface area (Å²) in [7, 11) is 0. The molecule has 0 aliphatic heterocycles. The molecule has 0 spiro atoms. The van der Waals surface area contributed by atoms with Gasteiger partial charge in [0, 0.05) is 6.54 Å². The number of aryl methyl sites for hydroxylation is 1. The smallest absolute Gasteiger partial charge is 0.329 e. The van der Waals surface area contributed by atoms with Crippen LogP contribution in [-0.4, -0.2) is 24.6 Å². The molecule has 2 amide bonds. The number of hydrogen-bond donors (Lipinski definition) is 2. The van der Waals surface area contributed by atoms with Gasteiger partial charge in [0.05, 0.1) is 17.3 Å². The van der Waals surface area contributed by atoms with Crippen molar-refractivity contribution < 1.29 is 19.1 Å². The Morgan fingerprint density at radius 2 is 1.71 bits per heavy atom. The van der Waals surface area contributed by atoms with Crippen molar-refractivity contribution >= 4 is 34.0 Å². The van der Waals surface area contributed by atoms with Crippen molar-refractivity contribution in [2.24, 2.45) is 5.10 Å². The fourth-order valence-corrected chi connectivity index (χ4v) is 3.55. The molecule has 2 N–H and O–H groups in total. The van der Waals surface area contributed by atoms with Crippen molar-refractivity contribution in [3.63, 3.8) is 0 Å². The van der Waals surface area contributed by atoms with Gasteiger partial charge in [0.2, 0.25) is 0 Å². The fraction of sp³-hybridized carbons (Fsp3) is 0.192. The van der Waals surface area contributed by atoms with E-state index in [9.17, 15) is 9.59 Å². The average Bonchev–Trinajstić information content (AvgIpc) is 2.84. The molecule has 176 valence electrons. The second-order valence-electron chi connectivity index (χ2n) is 7.40. The minimum absolute atomic E-state index is 0.255. The second kappa shape index (κ2) is 12.6. The van der Waals surface area contributed by atoms with Gasteiger partial charge in [-0.15, -0.1) is 0 Å². The lowest BCUT2D eigenvalue weighted by molar-refractivity contribution is -0.139. The Hall–Kier alpha value is -3.65. The molecular formula is C26H26BrN3O4. The van der Waals surface area contributed by atoms with Crippen LogP contribution < -0.4 is 20.2 Å². The standard InChI is InChI=1S/C26H26BrN3O4/c1-3-33-23-14-21(13-22(27)24(23)34-17-20-11-9-18(2)10-12-20)16-29-30-26(32)25(31)28-15-19-7-5-4-6-8-19/h4-14,16H,3,15,17H2,1-2H3,(H,28,31)(H,30,32). The highest BCUT2D eigenvalue weighted by Gasteiger charge is 2.14. The maximum atomic E-state index is 12.0. The number of hydrazone groups is 1. The van der Waals surface area contributed by atoms with Gasteiger partial charge in [0.25, 0.3) is 0 Å². The van der Waals surface area contributed by atoms with E-state index in [-0.39, 0.29) is 6.54 Å². The first-order valence-electron chi connectivity index (χ1n) is 10.8. The maximum Gasteiger partial charge on any atom is 0.329 e. The molecule has 0 aliphatic carbocycles. The average molecular weight is 524 g/mol. The Morgan fingerprint density at radius 3 is 2.41 bits per heavy atom. The van der Waals surface area contributed by atoms with Gasteiger partial charge in [-0.1, -0.05) is 60.2 Å². The van der Waals surface area contributed by atoms with Gasteiger partial charge in [-0.3, -0.25) is 9.59 Å². The molecule has 0 atom stereocenters. The molecule has 0 unspecified atom stereocenters. The number of rotatable bonds is 9. The lowest BCUT2D eigenvalue weighted by Crippen LogP contribution is -2.37. The lowest BCUT2D eigenvalue weighted by atomic mass is 10.2. The largest absolute Gasteiger partial charge is 0.490 e. The van der Waals surface area contributed by atoms with Crippen molar-refractivity contribution in [1.29, 1.82) is 0 Å². The molecule has 0 aromatic heterocycles. The predicted molar refractivity (Wildman–Crippen MR) is 135 cm³/mol. The van der Waals surface area contributed by atoms with Crippen LogP contribution in [-0.2, 0) is 22.7 Å². The first kappa shape index (κ1) is 25.0. The van der Waals surface area contributed by atoms with Gasteiger partial charge in [-0.2, -0.15) is 5.10 Å². The van der Waals surface area contributed by atoms with E-state index in [0.717, 1.165) is 11.1 Å². The summed E-state index contributed by atoms with van der Waals surface area (Å²) >= 11 is 3.52. The molecule has 3 aromatic rings. The van der Waals surface area contributed by atoms with Crippen LogP contribution in [0.1, 0.15) is 29.2 Å². The number of carbonyl (C=O) groups is 2. The number of amides is 2. The van der Waals surface area contributed by atoms with E-state index in [1.807, 2.05) is 68.4 Å². The molecule has 8 heteroatoms. The number of benzene rings is 3. The Balaban J connectivity index is 1.60. The summed E-state index contributed by atoms with van der Waals surface area (Å²) in [5.74, 6) is -0.507. The molecule has 0 heterocycles. The molecule has 0 aliphatic rings. The molecule has 7 nitrogen and oxygen atoms in total. The topological polar surface area (TPSA) is 89.0 Å². The number of carbonyl (C=O) groups excluding carboxylic acids is 2. The van der Waals surface area contributed by atoms with Gasteiger partial charge >= 0.3 is 11.8 Å². The highest BCUT2D eigenvalue weighted by atomic mass is 79.9. The van der Waals surface area contributed by atoms with E-state index < -0.39 is 11.8 Å². The Morgan fingerprint density at radius 1 is 0.971 bits per heavy atom. The summed E-state index contributed by atoms with van der Waals surface area (Å²) in [4.78, 5) is 24.0. The van der Waals surface area contributed by atoms with Crippen LogP contribution in [0.5, 0.6) is 11.5 Å². The van der Waals surface area contributed by atoms with E-state index >= 15 is 0 Å². The molecule has 0 saturated heterocycles. The minimum Gasteiger partial charge on any atom is -0.490 e. The number of nitrogens with one attached hydrogen (secondary N) is 2. The third-order valence-electron chi connectivity index (χ3n) is 4.72. The van der Waals surface area contributed by atoms with Crippen LogP contribution in [0.4, 0.5) is 0 Å². The molecule has 0 radical (unpaired) electrons. The van der Waals surface area contributed by atoms with Gasteiger partial charge < -0.3 is 14.8 Å². The SMILES string of the molecule is CCOc1cc(C=NNC(=O)C(=O)NCc2ccccc2)cc(Br)c1OCc1ccc(C)cc1. The second-order valence-corrected chi connectivity index (χ2v) is 8.26. The molecule has 3 rings (SSSR count). The lowest BCUT2D eigenvalue weighted by Gasteiger charge is -2.15. The van der Waals surface area contributed by atoms with E-state index in [1.54, 1.807) is 12.1 Å². The molecule has 34 heavy (non-hydrogen) atoms. The van der Waals surface area contributed by atoms with Crippen LogP contribution in [0, 0.1) is 6.92 Å². The van der Waals surface area contributed by atoms with Crippen LogP contribution in [0.15, 0.2) is 76.3 Å². The summed E-state index contributed by atoms with van der Waals surface area (Å²) in [5, 5.41) is 6.44. The highest BCUT2D eigenvalue weighted by molar-refractivity contribution is 9.10. The number of nitrogens with zero attached hydrogens (tertiary/aromatic N) is 1. The number of hydrogen-bond acceptors (Lipinski definition) is 5. The van der Waals surface area contributed by atoms with Gasteiger partial charge in [-0.05, 0) is 58.6 Å². The summed E-state index contributed by atoms with van der Waals surface area (Å²) in [6.45, 7) is 5.01. The Bertz CT molecular complexity index is 1150. The van der Waals surface area contributed by atoms with Crippen LogP contribution in [0.2, 0.25) is 0 Å². The number of ether oxygens (including phenoxy) is 2. The maximum absolute atomic E-state index is 12.0. The normalized spacial score (nSPS) is 10.7. The van der Waals surface area contributed by atoms with Crippen molar-refractivity contribution in [2.45, 2.75) is 27.0 Å². The summed E-state index contributed by atoms with van der Waals surface area (Å²) < 4.78 is 12.4. The van der Waals surface area contributed by atoms with Gasteiger partial charge in [0.1, 0.15) is 6.61 Å². The minimum atomic E-state index is -0.852. The fourth-order valence-electron chi connectivity index (χ4n) is 2.98. The summed E-state index contributed by atoms with van der Waals surface area (Å²) in [5.41, 5.74) is 6.01. The molecule has 0 fully saturated rings. The van der Waals surface area contributed by atoms with Crippen LogP contribution >= 0.6 is 15.9 Å². The molecular weight excluding hydrogens is 498 g/mol. The predicted octanol–water partition coefficient (Wildman–Crippen LogP) is 4.50. The van der Waals surface area contributed by atoms with Crippen LogP contribution in [0.25, 0.3) is 0 Å². The summed E-state index contributed by atoms with van der Waals surface area (Å²) in [6.07, 6.45) is 1.43. The van der Waals surface area contributed by atoms with E-state index in [0.29, 0.717) is 34.7 Å². The first-order chi connectivity index (χ1) is 16.5. The third kappa shape index (κ3) is 7.45. The molecule has 3 aromatic carbocycles. The molecule has 0 bridgehead atoms. The quantitative estimate of drug-likeness (QED) is 0.245. The van der Waals surface area contributed by atoms with Crippen molar-refractivity contribution in [1.82, 2.24) is 10.7 Å². The van der Waals surface area contributed by atoms with E-state index in [2.05, 4.69) is 31.8 Å². The zero-order chi connectivity index (χ0) is 24.3. The number of halogens is 1. The van der Waals surface area contributed by atoms with Crippen molar-refractivity contribution in [2.75, 3.05) is 6.61 Å². The monoisotopic (exact) mass is 523 g/mol. The summed E-state index contributed by atoms with van der Waals surface area (Å²) in [6, 6.07) is 21.0. The Kier molecular flexibility index (Phi) is 9.22. The molecule has 0 saturated carbocycles.